The lowest BCUT2D eigenvalue weighted by Crippen LogP contribution is -2.38. The van der Waals surface area contributed by atoms with Gasteiger partial charge < -0.3 is 14.4 Å². The number of hydrogen-bond acceptors (Lipinski definition) is 6. The van der Waals surface area contributed by atoms with E-state index >= 15 is 0 Å². The third-order valence-electron chi connectivity index (χ3n) is 5.31. The molecule has 1 aliphatic rings. The van der Waals surface area contributed by atoms with E-state index in [1.807, 2.05) is 44.2 Å². The molecule has 3 heterocycles. The number of pyridine rings is 1. The molecular formula is C24H29N3O3S. The van der Waals surface area contributed by atoms with Crippen molar-refractivity contribution in [2.24, 2.45) is 0 Å². The Morgan fingerprint density at radius 2 is 2.10 bits per heavy atom. The zero-order valence-corrected chi connectivity index (χ0v) is 19.3. The van der Waals surface area contributed by atoms with Crippen LogP contribution >= 0.6 is 11.3 Å². The summed E-state index contributed by atoms with van der Waals surface area (Å²) in [5.41, 5.74) is 2.13. The highest BCUT2D eigenvalue weighted by atomic mass is 32.1. The fraction of sp³-hybridized carbons (Fsp3) is 0.417. The molecule has 0 spiro atoms. The number of fused-ring (bicyclic) bond motifs is 1. The molecule has 7 heteroatoms. The first-order valence-electron chi connectivity index (χ1n) is 10.6. The maximum absolute atomic E-state index is 12.9. The molecule has 1 saturated heterocycles. The van der Waals surface area contributed by atoms with Crippen molar-refractivity contribution in [3.05, 3.63) is 58.6 Å². The summed E-state index contributed by atoms with van der Waals surface area (Å²) >= 11 is 1.45. The van der Waals surface area contributed by atoms with Crippen LogP contribution in [-0.2, 0) is 11.3 Å². The van der Waals surface area contributed by atoms with Crippen molar-refractivity contribution in [1.29, 1.82) is 0 Å². The Morgan fingerprint density at radius 1 is 1.29 bits per heavy atom. The van der Waals surface area contributed by atoms with Crippen molar-refractivity contribution in [3.8, 4) is 5.75 Å². The van der Waals surface area contributed by atoms with Gasteiger partial charge in [0.2, 0.25) is 0 Å². The molecule has 0 radical (unpaired) electrons. The number of aromatic nitrogens is 1. The molecule has 0 bridgehead atoms. The molecule has 4 rings (SSSR count). The van der Waals surface area contributed by atoms with E-state index in [2.05, 4.69) is 16.0 Å². The largest absolute Gasteiger partial charge is 0.491 e. The minimum atomic E-state index is -0.177. The summed E-state index contributed by atoms with van der Waals surface area (Å²) in [5, 5.41) is 1.01. The summed E-state index contributed by atoms with van der Waals surface area (Å²) in [6.07, 6.45) is 1.72. The predicted octanol–water partition coefficient (Wildman–Crippen LogP) is 4.36. The van der Waals surface area contributed by atoms with Crippen molar-refractivity contribution >= 4 is 27.5 Å². The van der Waals surface area contributed by atoms with Gasteiger partial charge in [-0.2, -0.15) is 0 Å². The van der Waals surface area contributed by atoms with E-state index in [0.717, 1.165) is 34.6 Å². The second-order valence-corrected chi connectivity index (χ2v) is 9.27. The number of carbonyl (C=O) groups is 1. The molecule has 2 aromatic heterocycles. The number of carbonyl (C=O) groups excluding carboxylic acids is 1. The predicted molar refractivity (Wildman–Crippen MR) is 124 cm³/mol. The Bertz CT molecular complexity index is 1060. The normalized spacial score (nSPS) is 17.3. The second-order valence-electron chi connectivity index (χ2n) is 8.27. The van der Waals surface area contributed by atoms with Crippen molar-refractivity contribution < 1.29 is 14.3 Å². The zero-order valence-electron chi connectivity index (χ0n) is 18.5. The molecule has 0 saturated carbocycles. The smallest absolute Gasteiger partial charge is 0.263 e. The van der Waals surface area contributed by atoms with Crippen LogP contribution in [0.3, 0.4) is 0 Å². The van der Waals surface area contributed by atoms with Gasteiger partial charge in [-0.3, -0.25) is 9.69 Å². The van der Waals surface area contributed by atoms with Crippen molar-refractivity contribution in [3.63, 3.8) is 0 Å². The number of benzene rings is 1. The molecule has 1 amide bonds. The van der Waals surface area contributed by atoms with Crippen LogP contribution in [0.2, 0.25) is 0 Å². The summed E-state index contributed by atoms with van der Waals surface area (Å²) in [5.74, 6) is 0.920. The number of nitrogens with zero attached hydrogens (tertiary/aromatic N) is 3. The van der Waals surface area contributed by atoms with Crippen LogP contribution in [0, 0.1) is 0 Å². The molecule has 0 unspecified atom stereocenters. The third-order valence-corrected chi connectivity index (χ3v) is 6.42. The summed E-state index contributed by atoms with van der Waals surface area (Å²) in [7, 11) is 3.56. The highest BCUT2D eigenvalue weighted by Crippen LogP contribution is 2.38. The molecule has 0 N–H and O–H groups in total. The number of hydrogen-bond donors (Lipinski definition) is 0. The standard InChI is InChI=1S/C24H29N3O3S/c1-16(2)30-19-10-6-5-8-17(19)14-27-12-13-29-20(15-27)21-18-9-7-11-25-23(18)31-22(21)24(28)26(3)4/h5-11,16,20H,12-15H2,1-4H3/t20-/m1/s1. The lowest BCUT2D eigenvalue weighted by atomic mass is 10.0. The summed E-state index contributed by atoms with van der Waals surface area (Å²) in [6, 6.07) is 12.2. The van der Waals surface area contributed by atoms with E-state index in [-0.39, 0.29) is 18.1 Å². The Morgan fingerprint density at radius 3 is 2.87 bits per heavy atom. The molecule has 1 atom stereocenters. The minimum Gasteiger partial charge on any atom is -0.491 e. The van der Waals surface area contributed by atoms with Gasteiger partial charge in [0.1, 0.15) is 15.5 Å². The molecule has 1 aliphatic heterocycles. The van der Waals surface area contributed by atoms with Crippen LogP contribution < -0.4 is 4.74 Å². The molecule has 6 nitrogen and oxygen atoms in total. The van der Waals surface area contributed by atoms with Gasteiger partial charge in [-0.1, -0.05) is 24.3 Å². The fourth-order valence-electron chi connectivity index (χ4n) is 3.90. The molecule has 0 aliphatic carbocycles. The molecule has 1 fully saturated rings. The monoisotopic (exact) mass is 439 g/mol. The van der Waals surface area contributed by atoms with Crippen molar-refractivity contribution in [2.75, 3.05) is 33.8 Å². The highest BCUT2D eigenvalue weighted by molar-refractivity contribution is 7.20. The summed E-state index contributed by atoms with van der Waals surface area (Å²) in [4.78, 5) is 23.0. The van der Waals surface area contributed by atoms with Gasteiger partial charge in [-0.25, -0.2) is 4.98 Å². The van der Waals surface area contributed by atoms with Gasteiger partial charge in [-0.15, -0.1) is 11.3 Å². The van der Waals surface area contributed by atoms with E-state index in [4.69, 9.17) is 9.47 Å². The van der Waals surface area contributed by atoms with Gasteiger partial charge in [0.05, 0.1) is 18.8 Å². The third kappa shape index (κ3) is 4.74. The summed E-state index contributed by atoms with van der Waals surface area (Å²) < 4.78 is 12.2. The van der Waals surface area contributed by atoms with Crippen LogP contribution in [-0.4, -0.2) is 60.6 Å². The topological polar surface area (TPSA) is 54.9 Å². The van der Waals surface area contributed by atoms with Crippen LogP contribution in [0.25, 0.3) is 10.2 Å². The van der Waals surface area contributed by atoms with E-state index in [0.29, 0.717) is 18.0 Å². The SMILES string of the molecule is CC(C)Oc1ccccc1CN1CCO[C@@H](c2c(C(=O)N(C)C)sc3ncccc23)C1. The summed E-state index contributed by atoms with van der Waals surface area (Å²) in [6.45, 7) is 7.03. The Hall–Kier alpha value is -2.48. The number of morpholine rings is 1. The molecular weight excluding hydrogens is 410 g/mol. The van der Waals surface area contributed by atoms with E-state index in [1.165, 1.54) is 16.9 Å². The molecule has 164 valence electrons. The first-order valence-corrected chi connectivity index (χ1v) is 11.4. The van der Waals surface area contributed by atoms with Crippen LogP contribution in [0.4, 0.5) is 0 Å². The van der Waals surface area contributed by atoms with E-state index in [1.54, 1.807) is 25.2 Å². The maximum atomic E-state index is 12.9. The Balaban J connectivity index is 1.62. The lowest BCUT2D eigenvalue weighted by molar-refractivity contribution is -0.0326. The van der Waals surface area contributed by atoms with Gasteiger partial charge in [0, 0.05) is 56.4 Å². The molecule has 31 heavy (non-hydrogen) atoms. The first-order chi connectivity index (χ1) is 14.9. The minimum absolute atomic E-state index is 0.00518. The Kier molecular flexibility index (Phi) is 6.55. The average Bonchev–Trinajstić information content (AvgIpc) is 3.14. The number of thiophene rings is 1. The number of amides is 1. The first kappa shape index (κ1) is 21.7. The van der Waals surface area contributed by atoms with Crippen LogP contribution in [0.5, 0.6) is 5.75 Å². The molecule has 1 aromatic carbocycles. The van der Waals surface area contributed by atoms with Gasteiger partial charge in [-0.05, 0) is 26.0 Å². The van der Waals surface area contributed by atoms with Crippen molar-refractivity contribution in [1.82, 2.24) is 14.8 Å². The average molecular weight is 440 g/mol. The molecule has 3 aromatic rings. The van der Waals surface area contributed by atoms with Crippen molar-refractivity contribution in [2.45, 2.75) is 32.6 Å². The van der Waals surface area contributed by atoms with Gasteiger partial charge in [0.15, 0.2) is 0 Å². The van der Waals surface area contributed by atoms with Gasteiger partial charge in [0.25, 0.3) is 5.91 Å². The number of para-hydroxylation sites is 1. The van der Waals surface area contributed by atoms with E-state index < -0.39 is 0 Å². The van der Waals surface area contributed by atoms with E-state index in [9.17, 15) is 4.79 Å². The lowest BCUT2D eigenvalue weighted by Gasteiger charge is -2.34. The number of rotatable bonds is 6. The highest BCUT2D eigenvalue weighted by Gasteiger charge is 2.31. The van der Waals surface area contributed by atoms with Crippen LogP contribution in [0.1, 0.15) is 40.8 Å². The Labute approximate surface area is 187 Å². The zero-order chi connectivity index (χ0) is 22.0. The quantitative estimate of drug-likeness (QED) is 0.571. The van der Waals surface area contributed by atoms with Crippen LogP contribution in [0.15, 0.2) is 42.6 Å². The second kappa shape index (κ2) is 9.34. The van der Waals surface area contributed by atoms with Gasteiger partial charge >= 0.3 is 0 Å². The maximum Gasteiger partial charge on any atom is 0.263 e. The number of ether oxygens (including phenoxy) is 2. The fourth-order valence-corrected chi connectivity index (χ4v) is 5.11.